The van der Waals surface area contributed by atoms with Crippen molar-refractivity contribution in [2.45, 2.75) is 19.0 Å². The minimum atomic E-state index is -0.689. The molecule has 1 aliphatic rings. The number of hydrazone groups is 1. The van der Waals surface area contributed by atoms with E-state index in [1.165, 1.54) is 5.01 Å². The highest BCUT2D eigenvalue weighted by Gasteiger charge is 2.35. The Balaban J connectivity index is 1.70. The third-order valence-electron chi connectivity index (χ3n) is 4.18. The number of hydrogen-bond donors (Lipinski definition) is 2. The minimum Gasteiger partial charge on any atom is -0.368 e. The van der Waals surface area contributed by atoms with Crippen molar-refractivity contribution in [2.24, 2.45) is 10.8 Å². The number of amides is 2. The van der Waals surface area contributed by atoms with Gasteiger partial charge in [-0.05, 0) is 26.2 Å². The topological polar surface area (TPSA) is 109 Å². The van der Waals surface area contributed by atoms with Crippen molar-refractivity contribution in [3.05, 3.63) is 42.6 Å². The van der Waals surface area contributed by atoms with Crippen molar-refractivity contribution in [1.29, 1.82) is 0 Å². The Morgan fingerprint density at radius 1 is 1.26 bits per heavy atom. The maximum Gasteiger partial charge on any atom is 0.273 e. The first-order chi connectivity index (χ1) is 12.9. The summed E-state index contributed by atoms with van der Waals surface area (Å²) in [4.78, 5) is 26.4. The Kier molecular flexibility index (Phi) is 5.51. The zero-order valence-electron chi connectivity index (χ0n) is 15.4. The van der Waals surface area contributed by atoms with Crippen LogP contribution in [0.5, 0.6) is 0 Å². The van der Waals surface area contributed by atoms with Gasteiger partial charge in [0.1, 0.15) is 11.8 Å². The molecule has 9 nitrogen and oxygen atoms in total. The number of likely N-dealkylation sites (N-methyl/N-ethyl adjacent to an activating group) is 1. The maximum atomic E-state index is 12.6. The van der Waals surface area contributed by atoms with Crippen LogP contribution in [0.25, 0.3) is 0 Å². The number of rotatable bonds is 7. The molecule has 0 saturated carbocycles. The molecule has 2 heterocycles. The van der Waals surface area contributed by atoms with Gasteiger partial charge in [-0.25, -0.2) is 0 Å². The van der Waals surface area contributed by atoms with Crippen LogP contribution in [0.4, 0.5) is 11.5 Å². The fraction of sp³-hybridized carbons (Fsp3) is 0.333. The smallest absolute Gasteiger partial charge is 0.273 e. The number of nitrogens with one attached hydrogen (secondary N) is 1. The quantitative estimate of drug-likeness (QED) is 0.739. The molecule has 1 atom stereocenters. The molecule has 9 heteroatoms. The lowest BCUT2D eigenvalue weighted by molar-refractivity contribution is -0.119. The molecular formula is C18H23N7O2. The molecule has 0 radical (unpaired) electrons. The Bertz CT molecular complexity index is 844. The lowest BCUT2D eigenvalue weighted by atomic mass is 10.1. The molecular weight excluding hydrogens is 346 g/mol. The largest absolute Gasteiger partial charge is 0.368 e. The van der Waals surface area contributed by atoms with Gasteiger partial charge in [-0.15, -0.1) is 0 Å². The molecule has 27 heavy (non-hydrogen) atoms. The van der Waals surface area contributed by atoms with E-state index in [0.717, 1.165) is 13.1 Å². The number of anilines is 2. The molecule has 2 amide bonds. The van der Waals surface area contributed by atoms with Crippen molar-refractivity contribution in [2.75, 3.05) is 31.0 Å². The first-order valence-electron chi connectivity index (χ1n) is 8.64. The predicted octanol–water partition coefficient (Wildman–Crippen LogP) is 0.503. The lowest BCUT2D eigenvalue weighted by Crippen LogP contribution is -2.39. The van der Waals surface area contributed by atoms with E-state index in [9.17, 15) is 9.59 Å². The summed E-state index contributed by atoms with van der Waals surface area (Å²) in [5.41, 5.74) is 6.44. The molecule has 2 aromatic rings. The number of aromatic nitrogens is 2. The van der Waals surface area contributed by atoms with Gasteiger partial charge in [0, 0.05) is 25.2 Å². The molecule has 1 aliphatic heterocycles. The Hall–Kier alpha value is -3.20. The zero-order valence-corrected chi connectivity index (χ0v) is 15.4. The molecule has 142 valence electrons. The van der Waals surface area contributed by atoms with Gasteiger partial charge in [-0.1, -0.05) is 18.2 Å². The average molecular weight is 369 g/mol. The van der Waals surface area contributed by atoms with Crippen molar-refractivity contribution in [3.63, 3.8) is 0 Å². The molecule has 0 unspecified atom stereocenters. The van der Waals surface area contributed by atoms with Crippen LogP contribution in [-0.4, -0.2) is 58.9 Å². The molecule has 0 saturated heterocycles. The Morgan fingerprint density at radius 3 is 2.67 bits per heavy atom. The number of nitrogens with two attached hydrogens (primary N) is 1. The molecule has 0 spiro atoms. The highest BCUT2D eigenvalue weighted by atomic mass is 16.2. The van der Waals surface area contributed by atoms with Gasteiger partial charge in [0.05, 0.1) is 12.2 Å². The second-order valence-corrected chi connectivity index (χ2v) is 6.57. The standard InChI is InChI=1S/C18H23N7O2/c1-23(2)10-11-24-9-8-16(22-24)20-18(27)14-12-15(17(19)26)25(21-14)13-6-4-3-5-7-13/h3-9,15H,10-12H2,1-2H3,(H2,19,26)(H,20,22,27)/t15-/m0/s1. The molecule has 3 rings (SSSR count). The summed E-state index contributed by atoms with van der Waals surface area (Å²) in [6.45, 7) is 1.56. The van der Waals surface area contributed by atoms with Crippen molar-refractivity contribution in [3.8, 4) is 0 Å². The van der Waals surface area contributed by atoms with Crippen LogP contribution in [0.3, 0.4) is 0 Å². The molecule has 0 bridgehead atoms. The van der Waals surface area contributed by atoms with Crippen molar-refractivity contribution < 1.29 is 9.59 Å². The second kappa shape index (κ2) is 8.00. The van der Waals surface area contributed by atoms with Crippen LogP contribution in [-0.2, 0) is 16.1 Å². The van der Waals surface area contributed by atoms with Gasteiger partial charge in [0.25, 0.3) is 5.91 Å². The van der Waals surface area contributed by atoms with E-state index in [2.05, 4.69) is 20.4 Å². The number of nitrogens with zero attached hydrogens (tertiary/aromatic N) is 5. The summed E-state index contributed by atoms with van der Waals surface area (Å²) in [5.74, 6) is -0.480. The Morgan fingerprint density at radius 2 is 2.00 bits per heavy atom. The summed E-state index contributed by atoms with van der Waals surface area (Å²) >= 11 is 0. The minimum absolute atomic E-state index is 0.150. The fourth-order valence-corrected chi connectivity index (χ4v) is 2.73. The number of carbonyl (C=O) groups excluding carboxylic acids is 2. The predicted molar refractivity (Wildman–Crippen MR) is 103 cm³/mol. The van der Waals surface area contributed by atoms with Gasteiger partial charge in [0.2, 0.25) is 5.91 Å². The molecule has 0 aliphatic carbocycles. The summed E-state index contributed by atoms with van der Waals surface area (Å²) < 4.78 is 1.76. The van der Waals surface area contributed by atoms with E-state index in [4.69, 9.17) is 5.73 Å². The van der Waals surface area contributed by atoms with Crippen molar-refractivity contribution in [1.82, 2.24) is 14.7 Å². The maximum absolute atomic E-state index is 12.6. The van der Waals surface area contributed by atoms with Crippen LogP contribution in [0.15, 0.2) is 47.7 Å². The molecule has 1 aromatic heterocycles. The molecule has 1 aromatic carbocycles. The normalized spacial score (nSPS) is 16.5. The first-order valence-corrected chi connectivity index (χ1v) is 8.64. The second-order valence-electron chi connectivity index (χ2n) is 6.57. The van der Waals surface area contributed by atoms with Crippen LogP contribution in [0.2, 0.25) is 0 Å². The summed E-state index contributed by atoms with van der Waals surface area (Å²) in [6, 6.07) is 10.2. The number of benzene rings is 1. The van der Waals surface area contributed by atoms with E-state index in [0.29, 0.717) is 11.5 Å². The highest BCUT2D eigenvalue weighted by molar-refractivity contribution is 6.44. The third-order valence-corrected chi connectivity index (χ3v) is 4.18. The monoisotopic (exact) mass is 369 g/mol. The zero-order chi connectivity index (χ0) is 19.4. The fourth-order valence-electron chi connectivity index (χ4n) is 2.73. The Labute approximate surface area is 157 Å². The van der Waals surface area contributed by atoms with Gasteiger partial charge in [-0.3, -0.25) is 19.3 Å². The van der Waals surface area contributed by atoms with Crippen molar-refractivity contribution >= 4 is 29.0 Å². The van der Waals surface area contributed by atoms with Gasteiger partial charge in [-0.2, -0.15) is 10.2 Å². The van der Waals surface area contributed by atoms with E-state index in [1.807, 2.05) is 44.4 Å². The summed E-state index contributed by atoms with van der Waals surface area (Å²) in [6.07, 6.45) is 1.95. The first kappa shape index (κ1) is 18.6. The van der Waals surface area contributed by atoms with E-state index in [1.54, 1.807) is 16.9 Å². The average Bonchev–Trinajstić information content (AvgIpc) is 3.28. The van der Waals surface area contributed by atoms with Crippen LogP contribution >= 0.6 is 0 Å². The summed E-state index contributed by atoms with van der Waals surface area (Å²) in [7, 11) is 3.97. The third kappa shape index (κ3) is 4.50. The SMILES string of the molecule is CN(C)CCn1ccc(NC(=O)C2=NN(c3ccccc3)[C@H](C(N)=O)C2)n1. The molecule has 3 N–H and O–H groups in total. The van der Waals surface area contributed by atoms with Crippen LogP contribution < -0.4 is 16.1 Å². The number of hydrogen-bond acceptors (Lipinski definition) is 6. The summed E-state index contributed by atoms with van der Waals surface area (Å²) in [5, 5.41) is 12.9. The van der Waals surface area contributed by atoms with Gasteiger partial charge < -0.3 is 16.0 Å². The number of para-hydroxylation sites is 1. The van der Waals surface area contributed by atoms with E-state index in [-0.39, 0.29) is 12.1 Å². The van der Waals surface area contributed by atoms with Crippen LogP contribution in [0, 0.1) is 0 Å². The molecule has 0 fully saturated rings. The van der Waals surface area contributed by atoms with E-state index < -0.39 is 17.9 Å². The van der Waals surface area contributed by atoms with Crippen LogP contribution in [0.1, 0.15) is 6.42 Å². The lowest BCUT2D eigenvalue weighted by Gasteiger charge is -2.20. The van der Waals surface area contributed by atoms with Gasteiger partial charge in [0.15, 0.2) is 5.82 Å². The van der Waals surface area contributed by atoms with E-state index >= 15 is 0 Å². The number of carbonyl (C=O) groups is 2. The number of primary amides is 1. The van der Waals surface area contributed by atoms with Gasteiger partial charge >= 0.3 is 0 Å². The highest BCUT2D eigenvalue weighted by Crippen LogP contribution is 2.24.